The highest BCUT2D eigenvalue weighted by atomic mass is 35.5. The second-order valence-electron chi connectivity index (χ2n) is 11.7. The van der Waals surface area contributed by atoms with E-state index in [4.69, 9.17) is 17.3 Å². The number of anilines is 1. The highest BCUT2D eigenvalue weighted by molar-refractivity contribution is 7.98. The SMILES string of the molecule is Cc1cc(C)c(C2C(C#N)=C(N)N(c3cccc(Cl)c3C)C3=C2C(=O)CC(C)(C)C3)cc1CSc1ccc(F)cc1. The maximum Gasteiger partial charge on any atom is 0.162 e. The smallest absolute Gasteiger partial charge is 0.162 e. The minimum absolute atomic E-state index is 0.0355. The fourth-order valence-corrected chi connectivity index (χ4v) is 7.14. The minimum atomic E-state index is -0.565. The molecule has 2 aliphatic rings. The van der Waals surface area contributed by atoms with Crippen LogP contribution < -0.4 is 10.6 Å². The molecule has 1 aliphatic carbocycles. The molecule has 210 valence electrons. The lowest BCUT2D eigenvalue weighted by atomic mass is 9.68. The number of Topliss-reactive ketones (excluding diaryl/α,β-unsaturated/α-hetero) is 1. The van der Waals surface area contributed by atoms with Gasteiger partial charge < -0.3 is 5.73 Å². The number of nitrogens with two attached hydrogens (primary N) is 1. The highest BCUT2D eigenvalue weighted by Gasteiger charge is 2.45. The summed E-state index contributed by atoms with van der Waals surface area (Å²) in [6.45, 7) is 10.2. The molecule has 0 bridgehead atoms. The summed E-state index contributed by atoms with van der Waals surface area (Å²) in [7, 11) is 0. The summed E-state index contributed by atoms with van der Waals surface area (Å²) in [5.74, 6) is 0.201. The van der Waals surface area contributed by atoms with Crippen LogP contribution in [0.4, 0.5) is 10.1 Å². The predicted octanol–water partition coefficient (Wildman–Crippen LogP) is 8.64. The molecule has 4 nitrogen and oxygen atoms in total. The molecule has 0 spiro atoms. The van der Waals surface area contributed by atoms with Gasteiger partial charge in [-0.3, -0.25) is 9.69 Å². The number of nitriles is 1. The lowest BCUT2D eigenvalue weighted by molar-refractivity contribution is -0.118. The summed E-state index contributed by atoms with van der Waals surface area (Å²) in [6.07, 6.45) is 1.02. The number of ketones is 1. The summed E-state index contributed by atoms with van der Waals surface area (Å²) in [4.78, 5) is 16.9. The van der Waals surface area contributed by atoms with Gasteiger partial charge in [0.2, 0.25) is 0 Å². The van der Waals surface area contributed by atoms with E-state index in [-0.39, 0.29) is 17.0 Å². The van der Waals surface area contributed by atoms with E-state index in [0.29, 0.717) is 40.6 Å². The van der Waals surface area contributed by atoms with Gasteiger partial charge in [-0.25, -0.2) is 4.39 Å². The van der Waals surface area contributed by atoms with Gasteiger partial charge in [-0.15, -0.1) is 11.8 Å². The van der Waals surface area contributed by atoms with Gasteiger partial charge in [0.15, 0.2) is 5.78 Å². The molecular weight excluding hydrogens is 553 g/mol. The van der Waals surface area contributed by atoms with E-state index >= 15 is 0 Å². The number of hydrogen-bond acceptors (Lipinski definition) is 5. The normalized spacial score (nSPS) is 18.4. The minimum Gasteiger partial charge on any atom is -0.384 e. The molecule has 2 N–H and O–H groups in total. The molecule has 0 saturated heterocycles. The Bertz CT molecular complexity index is 1670. The summed E-state index contributed by atoms with van der Waals surface area (Å²) in [5.41, 5.74) is 14.2. The van der Waals surface area contributed by atoms with Crippen molar-refractivity contribution in [3.63, 3.8) is 0 Å². The Balaban J connectivity index is 1.68. The van der Waals surface area contributed by atoms with Crippen LogP contribution in [0.2, 0.25) is 5.02 Å². The largest absolute Gasteiger partial charge is 0.384 e. The van der Waals surface area contributed by atoms with Crippen LogP contribution in [0.25, 0.3) is 0 Å². The van der Waals surface area contributed by atoms with E-state index in [0.717, 1.165) is 44.1 Å². The number of nitrogens with zero attached hydrogens (tertiary/aromatic N) is 2. The first-order valence-electron chi connectivity index (χ1n) is 13.6. The molecule has 3 aromatic carbocycles. The zero-order valence-electron chi connectivity index (χ0n) is 23.9. The van der Waals surface area contributed by atoms with E-state index in [9.17, 15) is 14.4 Å². The Hall–Kier alpha value is -3.53. The molecule has 3 aromatic rings. The Labute approximate surface area is 250 Å². The average molecular weight is 586 g/mol. The molecule has 0 amide bonds. The first kappa shape index (κ1) is 29.0. The van der Waals surface area contributed by atoms with E-state index in [1.54, 1.807) is 23.9 Å². The van der Waals surface area contributed by atoms with Gasteiger partial charge in [-0.05, 0) is 96.8 Å². The molecule has 0 radical (unpaired) electrons. The number of allylic oxidation sites excluding steroid dienone is 3. The molecule has 1 unspecified atom stereocenters. The number of halogens is 2. The molecular formula is C34H33ClFN3OS. The second-order valence-corrected chi connectivity index (χ2v) is 13.2. The van der Waals surface area contributed by atoms with Crippen LogP contribution in [0.3, 0.4) is 0 Å². The number of carbonyl (C=O) groups excluding carboxylic acids is 1. The van der Waals surface area contributed by atoms with Crippen molar-refractivity contribution < 1.29 is 9.18 Å². The summed E-state index contributed by atoms with van der Waals surface area (Å²) in [6, 6.07) is 18.7. The molecule has 41 heavy (non-hydrogen) atoms. The van der Waals surface area contributed by atoms with Crippen LogP contribution in [0.15, 0.2) is 82.2 Å². The fraction of sp³-hybridized carbons (Fsp3) is 0.294. The van der Waals surface area contributed by atoms with Gasteiger partial charge in [0, 0.05) is 33.4 Å². The van der Waals surface area contributed by atoms with Crippen molar-refractivity contribution in [3.8, 4) is 6.07 Å². The molecule has 0 fully saturated rings. The lowest BCUT2D eigenvalue weighted by Gasteiger charge is -2.44. The number of thioether (sulfide) groups is 1. The van der Waals surface area contributed by atoms with Crippen molar-refractivity contribution in [1.29, 1.82) is 5.26 Å². The van der Waals surface area contributed by atoms with Crippen molar-refractivity contribution in [2.45, 2.75) is 64.0 Å². The molecule has 7 heteroatoms. The van der Waals surface area contributed by atoms with Gasteiger partial charge in [-0.2, -0.15) is 5.26 Å². The molecule has 1 atom stereocenters. The maximum atomic E-state index is 14.0. The predicted molar refractivity (Wildman–Crippen MR) is 165 cm³/mol. The number of hydrogen-bond donors (Lipinski definition) is 1. The van der Waals surface area contributed by atoms with Gasteiger partial charge >= 0.3 is 0 Å². The highest BCUT2D eigenvalue weighted by Crippen LogP contribution is 2.51. The van der Waals surface area contributed by atoms with Crippen LogP contribution in [0.1, 0.15) is 60.4 Å². The van der Waals surface area contributed by atoms with Gasteiger partial charge in [0.1, 0.15) is 11.6 Å². The zero-order chi connectivity index (χ0) is 29.6. The van der Waals surface area contributed by atoms with Crippen molar-refractivity contribution in [2.24, 2.45) is 11.1 Å². The number of benzene rings is 3. The van der Waals surface area contributed by atoms with E-state index in [1.807, 2.05) is 36.9 Å². The average Bonchev–Trinajstić information content (AvgIpc) is 2.90. The monoisotopic (exact) mass is 585 g/mol. The topological polar surface area (TPSA) is 70.1 Å². The first-order valence-corrected chi connectivity index (χ1v) is 15.0. The molecule has 0 saturated carbocycles. The molecule has 1 heterocycles. The summed E-state index contributed by atoms with van der Waals surface area (Å²) in [5, 5.41) is 11.1. The van der Waals surface area contributed by atoms with Crippen LogP contribution in [0.5, 0.6) is 0 Å². The third-order valence-corrected chi connectivity index (χ3v) is 9.57. The van der Waals surface area contributed by atoms with Gasteiger partial charge in [0.05, 0.1) is 23.2 Å². The van der Waals surface area contributed by atoms with Crippen molar-refractivity contribution >= 4 is 34.8 Å². The Kier molecular flexibility index (Phi) is 7.80. The van der Waals surface area contributed by atoms with Gasteiger partial charge in [-0.1, -0.05) is 43.6 Å². The van der Waals surface area contributed by atoms with Crippen LogP contribution in [-0.2, 0) is 10.5 Å². The summed E-state index contributed by atoms with van der Waals surface area (Å²) < 4.78 is 13.4. The Morgan fingerprint density at radius 3 is 2.49 bits per heavy atom. The molecule has 5 rings (SSSR count). The van der Waals surface area contributed by atoms with Crippen molar-refractivity contribution in [1.82, 2.24) is 0 Å². The molecule has 0 aromatic heterocycles. The van der Waals surface area contributed by atoms with E-state index in [1.165, 1.54) is 12.1 Å². The Morgan fingerprint density at radius 2 is 1.80 bits per heavy atom. The standard InChI is InChI=1S/C34H33ClFN3OS/c1-19-13-20(2)25(14-22(19)18-41-24-11-9-23(36)10-12-24)31-26(17-37)33(38)39(28-8-6-7-27(35)21(28)3)29-15-34(4,5)16-30(40)32(29)31/h6-14,31H,15-16,18,38H2,1-5H3. The van der Waals surface area contributed by atoms with Crippen LogP contribution >= 0.6 is 23.4 Å². The first-order chi connectivity index (χ1) is 19.4. The Morgan fingerprint density at radius 1 is 1.10 bits per heavy atom. The molecule has 1 aliphatic heterocycles. The second kappa shape index (κ2) is 11.0. The third-order valence-electron chi connectivity index (χ3n) is 8.10. The van der Waals surface area contributed by atoms with E-state index < -0.39 is 5.92 Å². The van der Waals surface area contributed by atoms with Crippen LogP contribution in [0, 0.1) is 43.3 Å². The van der Waals surface area contributed by atoms with Crippen molar-refractivity contribution in [3.05, 3.63) is 116 Å². The third kappa shape index (κ3) is 5.41. The van der Waals surface area contributed by atoms with Crippen molar-refractivity contribution in [2.75, 3.05) is 4.90 Å². The zero-order valence-corrected chi connectivity index (χ0v) is 25.5. The number of carbonyl (C=O) groups is 1. The maximum absolute atomic E-state index is 14.0. The van der Waals surface area contributed by atoms with Crippen LogP contribution in [-0.4, -0.2) is 5.78 Å². The van der Waals surface area contributed by atoms with E-state index in [2.05, 4.69) is 39.0 Å². The fourth-order valence-electron chi connectivity index (χ4n) is 6.01. The van der Waals surface area contributed by atoms with Gasteiger partial charge in [0.25, 0.3) is 0 Å². The number of aryl methyl sites for hydroxylation is 2. The number of rotatable bonds is 5. The summed E-state index contributed by atoms with van der Waals surface area (Å²) >= 11 is 8.14. The lowest BCUT2D eigenvalue weighted by Crippen LogP contribution is -2.42. The quantitative estimate of drug-likeness (QED) is 0.303.